The Morgan fingerprint density at radius 2 is 1.96 bits per heavy atom. The lowest BCUT2D eigenvalue weighted by Crippen LogP contribution is -2.54. The number of amides is 2. The molecule has 1 aromatic rings. The average Bonchev–Trinajstić information content (AvgIpc) is 2.68. The molecule has 0 saturated carbocycles. The summed E-state index contributed by atoms with van der Waals surface area (Å²) in [5, 5.41) is 5.29. The highest BCUT2D eigenvalue weighted by Gasteiger charge is 2.28. The fourth-order valence-corrected chi connectivity index (χ4v) is 2.68. The van der Waals surface area contributed by atoms with Crippen molar-refractivity contribution in [2.24, 2.45) is 0 Å². The van der Waals surface area contributed by atoms with Crippen molar-refractivity contribution in [2.75, 3.05) is 20.3 Å². The van der Waals surface area contributed by atoms with Gasteiger partial charge in [0.05, 0.1) is 26.7 Å². The number of Topliss-reactive ketones (excluding diaryl/α,β-unsaturated/α-hetero) is 1. The lowest BCUT2D eigenvalue weighted by atomic mass is 10.0. The molecule has 0 bridgehead atoms. The number of methoxy groups -OCH3 is 1. The number of carbonyl (C=O) groups is 4. The monoisotopic (exact) mass is 377 g/mol. The molecule has 27 heavy (non-hydrogen) atoms. The molecule has 1 heterocycles. The maximum atomic E-state index is 12.7. The van der Waals surface area contributed by atoms with Gasteiger partial charge in [-0.3, -0.25) is 19.2 Å². The number of benzene rings is 1. The lowest BCUT2D eigenvalue weighted by molar-refractivity contribution is -0.142. The minimum Gasteiger partial charge on any atom is -0.469 e. The van der Waals surface area contributed by atoms with E-state index < -0.39 is 29.9 Å². The quantitative estimate of drug-likeness (QED) is 0.493. The number of ether oxygens (including phenoxy) is 2. The minimum absolute atomic E-state index is 0.0725. The van der Waals surface area contributed by atoms with E-state index in [1.807, 2.05) is 30.3 Å². The van der Waals surface area contributed by atoms with E-state index in [0.29, 0.717) is 6.61 Å². The highest BCUT2D eigenvalue weighted by molar-refractivity contribution is 5.93. The first-order valence-corrected chi connectivity index (χ1v) is 8.80. The second-order valence-electron chi connectivity index (χ2n) is 6.24. The van der Waals surface area contributed by atoms with Gasteiger partial charge in [-0.05, 0) is 5.56 Å². The molecule has 2 amide bonds. The van der Waals surface area contributed by atoms with Crippen LogP contribution in [0.4, 0.5) is 0 Å². The molecule has 1 aromatic carbocycles. The van der Waals surface area contributed by atoms with Crippen LogP contribution < -0.4 is 10.6 Å². The number of carbonyl (C=O) groups excluding carboxylic acids is 4. The van der Waals surface area contributed by atoms with Crippen LogP contribution in [0.1, 0.15) is 24.8 Å². The molecule has 8 heteroatoms. The molecule has 0 radical (unpaired) electrons. The largest absolute Gasteiger partial charge is 0.469 e. The van der Waals surface area contributed by atoms with Gasteiger partial charge >= 0.3 is 5.97 Å². The number of esters is 1. The first kappa shape index (κ1) is 20.6. The second kappa shape index (κ2) is 10.4. The summed E-state index contributed by atoms with van der Waals surface area (Å²) in [5.74, 6) is -1.50. The second-order valence-corrected chi connectivity index (χ2v) is 6.24. The maximum absolute atomic E-state index is 12.7. The standard InChI is InChI=1S/C19H24N2O6/c1-26-18(24)8-7-17(23)20-14(11-13-5-3-2-4-6-13)19(25)21-15-12-27-10-9-16(15)22/h2-6,14-15H,7-12H2,1H3,(H,20,23)(H,21,25)/t14-,15+/m0/s1/i16+1. The molecule has 0 spiro atoms. The zero-order chi connectivity index (χ0) is 19.6. The molecule has 146 valence electrons. The van der Waals surface area contributed by atoms with Crippen LogP contribution in [0.5, 0.6) is 0 Å². The van der Waals surface area contributed by atoms with Crippen molar-refractivity contribution in [2.45, 2.75) is 37.8 Å². The molecular weight excluding hydrogens is 353 g/mol. The van der Waals surface area contributed by atoms with Gasteiger partial charge in [-0.25, -0.2) is 0 Å². The Balaban J connectivity index is 2.01. The Morgan fingerprint density at radius 3 is 2.63 bits per heavy atom. The molecule has 1 saturated heterocycles. The topological polar surface area (TPSA) is 111 Å². The Morgan fingerprint density at radius 1 is 1.22 bits per heavy atom. The first-order chi connectivity index (χ1) is 13.0. The molecule has 8 nitrogen and oxygen atoms in total. The van der Waals surface area contributed by atoms with Gasteiger partial charge in [-0.15, -0.1) is 0 Å². The van der Waals surface area contributed by atoms with Gasteiger partial charge in [0, 0.05) is 19.3 Å². The summed E-state index contributed by atoms with van der Waals surface area (Å²) in [6.07, 6.45) is 0.353. The van der Waals surface area contributed by atoms with Crippen molar-refractivity contribution in [3.05, 3.63) is 35.9 Å². The third-order valence-electron chi connectivity index (χ3n) is 4.20. The van der Waals surface area contributed by atoms with Gasteiger partial charge in [0.2, 0.25) is 11.8 Å². The number of hydrogen-bond donors (Lipinski definition) is 2. The van der Waals surface area contributed by atoms with Crippen molar-refractivity contribution in [3.63, 3.8) is 0 Å². The molecule has 1 fully saturated rings. The first-order valence-electron chi connectivity index (χ1n) is 8.80. The van der Waals surface area contributed by atoms with Gasteiger partial charge in [-0.2, -0.15) is 0 Å². The molecule has 1 aliphatic rings. The predicted molar refractivity (Wildman–Crippen MR) is 95.7 cm³/mol. The summed E-state index contributed by atoms with van der Waals surface area (Å²) in [6.45, 7) is 0.474. The third-order valence-corrected chi connectivity index (χ3v) is 4.20. The van der Waals surface area contributed by atoms with E-state index in [4.69, 9.17) is 4.74 Å². The highest BCUT2D eigenvalue weighted by atomic mass is 16.5. The van der Waals surface area contributed by atoms with Gasteiger partial charge in [0.1, 0.15) is 12.1 Å². The number of rotatable bonds is 8. The summed E-state index contributed by atoms with van der Waals surface area (Å²) >= 11 is 0. The van der Waals surface area contributed by atoms with Crippen molar-refractivity contribution in [1.82, 2.24) is 10.6 Å². The summed E-state index contributed by atoms with van der Waals surface area (Å²) in [4.78, 5) is 47.9. The van der Waals surface area contributed by atoms with Gasteiger partial charge in [0.15, 0.2) is 5.78 Å². The minimum atomic E-state index is -0.868. The molecule has 0 unspecified atom stereocenters. The molecule has 1 aliphatic heterocycles. The lowest BCUT2D eigenvalue weighted by Gasteiger charge is -2.25. The zero-order valence-corrected chi connectivity index (χ0v) is 15.2. The van der Waals surface area contributed by atoms with Crippen molar-refractivity contribution in [1.29, 1.82) is 0 Å². The predicted octanol–water partition coefficient (Wildman–Crippen LogP) is 0.141. The summed E-state index contributed by atoms with van der Waals surface area (Å²) in [5.41, 5.74) is 0.858. The van der Waals surface area contributed by atoms with Crippen molar-refractivity contribution in [3.8, 4) is 0 Å². The molecule has 2 N–H and O–H groups in total. The smallest absolute Gasteiger partial charge is 0.306 e. The number of hydrogen-bond acceptors (Lipinski definition) is 6. The van der Waals surface area contributed by atoms with Crippen LogP contribution in [-0.4, -0.2) is 56.0 Å². The van der Waals surface area contributed by atoms with Crippen LogP contribution >= 0.6 is 0 Å². The van der Waals surface area contributed by atoms with Crippen LogP contribution in [0.2, 0.25) is 0 Å². The van der Waals surface area contributed by atoms with Crippen LogP contribution in [-0.2, 0) is 35.1 Å². The maximum Gasteiger partial charge on any atom is 0.306 e. The Labute approximate surface area is 157 Å². The molecule has 0 aromatic heterocycles. The van der Waals surface area contributed by atoms with E-state index in [9.17, 15) is 19.2 Å². The highest BCUT2D eigenvalue weighted by Crippen LogP contribution is 2.07. The summed E-state index contributed by atoms with van der Waals surface area (Å²) in [7, 11) is 1.25. The SMILES string of the molecule is COC(=O)CCC(=O)N[C@@H](Cc1ccccc1)C(=O)N[C@@H]1COCC[13C]1=O. The average molecular weight is 377 g/mol. The summed E-state index contributed by atoms with van der Waals surface area (Å²) < 4.78 is 9.75. The normalized spacial score (nSPS) is 17.7. The fraction of sp³-hybridized carbons (Fsp3) is 0.474. The zero-order valence-electron chi connectivity index (χ0n) is 15.2. The van der Waals surface area contributed by atoms with E-state index in [-0.39, 0.29) is 38.1 Å². The fourth-order valence-electron chi connectivity index (χ4n) is 2.68. The molecule has 2 atom stereocenters. The number of ketones is 1. The Bertz CT molecular complexity index is 676. The van der Waals surface area contributed by atoms with Crippen LogP contribution in [0, 0.1) is 0 Å². The van der Waals surface area contributed by atoms with Gasteiger partial charge in [-0.1, -0.05) is 30.3 Å². The van der Waals surface area contributed by atoms with Crippen molar-refractivity contribution < 1.29 is 28.7 Å². The molecule has 2 rings (SSSR count). The van der Waals surface area contributed by atoms with Crippen LogP contribution in [0.25, 0.3) is 0 Å². The number of nitrogens with one attached hydrogen (secondary N) is 2. The van der Waals surface area contributed by atoms with Gasteiger partial charge in [0.25, 0.3) is 0 Å². The van der Waals surface area contributed by atoms with Gasteiger partial charge < -0.3 is 20.1 Å². The van der Waals surface area contributed by atoms with Crippen LogP contribution in [0.3, 0.4) is 0 Å². The van der Waals surface area contributed by atoms with E-state index in [1.54, 1.807) is 0 Å². The molecule has 0 aliphatic carbocycles. The Kier molecular flexibility index (Phi) is 7.94. The molecular formula is C19H24N2O6. The third kappa shape index (κ3) is 6.82. The Hall–Kier alpha value is -2.74. The van der Waals surface area contributed by atoms with E-state index >= 15 is 0 Å². The van der Waals surface area contributed by atoms with Crippen LogP contribution in [0.15, 0.2) is 30.3 Å². The van der Waals surface area contributed by atoms with E-state index in [2.05, 4.69) is 15.4 Å². The van der Waals surface area contributed by atoms with E-state index in [0.717, 1.165) is 5.56 Å². The van der Waals surface area contributed by atoms with Crippen molar-refractivity contribution >= 4 is 23.6 Å². The summed E-state index contributed by atoms with van der Waals surface area (Å²) in [6, 6.07) is 7.63. The van der Waals surface area contributed by atoms with E-state index in [1.165, 1.54) is 7.11 Å².